The molecule has 0 aliphatic rings. The number of ether oxygens (including phenoxy) is 1. The van der Waals surface area contributed by atoms with Gasteiger partial charge in [-0.25, -0.2) is 9.78 Å². The van der Waals surface area contributed by atoms with Gasteiger partial charge in [-0.05, 0) is 6.42 Å². The molecule has 1 atom stereocenters. The molecule has 0 saturated carbocycles. The quantitative estimate of drug-likeness (QED) is 0.734. The van der Waals surface area contributed by atoms with Crippen LogP contribution in [0.3, 0.4) is 0 Å². The van der Waals surface area contributed by atoms with Crippen LogP contribution in [0.25, 0.3) is 0 Å². The summed E-state index contributed by atoms with van der Waals surface area (Å²) in [6.07, 6.45) is 2.19. The molecule has 0 spiro atoms. The first-order valence-electron chi connectivity index (χ1n) is 5.48. The van der Waals surface area contributed by atoms with Gasteiger partial charge in [0.1, 0.15) is 11.9 Å². The van der Waals surface area contributed by atoms with Crippen molar-refractivity contribution in [2.24, 2.45) is 0 Å². The Balaban J connectivity index is 2.55. The number of hydrogen-bond donors (Lipinski definition) is 2. The van der Waals surface area contributed by atoms with E-state index in [2.05, 4.69) is 14.7 Å². The molecule has 0 amide bonds. The van der Waals surface area contributed by atoms with E-state index in [1.807, 2.05) is 6.92 Å². The standard InChI is InChI=1S/C10H17N3O3S/c1-3-4-8-12-10(17-13-8)11-7(9(14)15)5-6-16-2/h7H,3-6H2,1-2H3,(H,14,15)(H,11,12,13). The number of carboxylic acids is 1. The molecular weight excluding hydrogens is 242 g/mol. The highest BCUT2D eigenvalue weighted by atomic mass is 32.1. The van der Waals surface area contributed by atoms with Crippen LogP contribution in [0.5, 0.6) is 0 Å². The SMILES string of the molecule is CCCc1nsc(NC(CCOC)C(=O)O)n1. The number of aliphatic carboxylic acids is 1. The Kier molecular flexibility index (Phi) is 5.85. The monoisotopic (exact) mass is 259 g/mol. The Morgan fingerprint density at radius 2 is 2.41 bits per heavy atom. The maximum absolute atomic E-state index is 11.0. The lowest BCUT2D eigenvalue weighted by atomic mass is 10.2. The molecule has 0 radical (unpaired) electrons. The van der Waals surface area contributed by atoms with Gasteiger partial charge >= 0.3 is 5.97 Å². The van der Waals surface area contributed by atoms with E-state index in [-0.39, 0.29) is 0 Å². The number of aromatic nitrogens is 2. The second-order valence-electron chi connectivity index (χ2n) is 3.58. The van der Waals surface area contributed by atoms with Gasteiger partial charge in [0.05, 0.1) is 0 Å². The molecular formula is C10H17N3O3S. The molecule has 1 rings (SSSR count). The van der Waals surface area contributed by atoms with Crippen LogP contribution in [0.15, 0.2) is 0 Å². The lowest BCUT2D eigenvalue weighted by molar-refractivity contribution is -0.138. The second kappa shape index (κ2) is 7.18. The lowest BCUT2D eigenvalue weighted by Crippen LogP contribution is -2.30. The molecule has 1 heterocycles. The molecule has 2 N–H and O–H groups in total. The van der Waals surface area contributed by atoms with Crippen LogP contribution in [0.4, 0.5) is 5.13 Å². The van der Waals surface area contributed by atoms with Crippen LogP contribution in [-0.2, 0) is 16.0 Å². The van der Waals surface area contributed by atoms with Gasteiger partial charge in [-0.3, -0.25) is 0 Å². The van der Waals surface area contributed by atoms with Crippen LogP contribution in [0, 0.1) is 0 Å². The third-order valence-electron chi connectivity index (χ3n) is 2.15. The van der Waals surface area contributed by atoms with Crippen LogP contribution in [0.2, 0.25) is 0 Å². The minimum atomic E-state index is -0.908. The minimum Gasteiger partial charge on any atom is -0.480 e. The first-order chi connectivity index (χ1) is 8.17. The highest BCUT2D eigenvalue weighted by molar-refractivity contribution is 7.09. The fourth-order valence-corrected chi connectivity index (χ4v) is 1.94. The summed E-state index contributed by atoms with van der Waals surface area (Å²) in [4.78, 5) is 15.2. The Morgan fingerprint density at radius 1 is 1.65 bits per heavy atom. The number of nitrogens with one attached hydrogen (secondary N) is 1. The van der Waals surface area contributed by atoms with E-state index in [1.54, 1.807) is 7.11 Å². The average molecular weight is 259 g/mol. The molecule has 96 valence electrons. The van der Waals surface area contributed by atoms with Gasteiger partial charge in [0.25, 0.3) is 0 Å². The van der Waals surface area contributed by atoms with Gasteiger partial charge in [-0.15, -0.1) is 0 Å². The van der Waals surface area contributed by atoms with E-state index in [0.717, 1.165) is 18.7 Å². The molecule has 17 heavy (non-hydrogen) atoms. The highest BCUT2D eigenvalue weighted by Gasteiger charge is 2.18. The predicted octanol–water partition coefficient (Wildman–Crippen LogP) is 1.39. The number of anilines is 1. The Labute approximate surface area is 104 Å². The fourth-order valence-electron chi connectivity index (χ4n) is 1.28. The molecule has 0 aliphatic carbocycles. The van der Waals surface area contributed by atoms with E-state index in [4.69, 9.17) is 9.84 Å². The van der Waals surface area contributed by atoms with Crippen molar-refractivity contribution in [3.8, 4) is 0 Å². The number of carboxylic acid groups (broad SMARTS) is 1. The zero-order chi connectivity index (χ0) is 12.7. The summed E-state index contributed by atoms with van der Waals surface area (Å²) in [5.74, 6) is -0.148. The topological polar surface area (TPSA) is 84.3 Å². The fraction of sp³-hybridized carbons (Fsp3) is 0.700. The average Bonchev–Trinajstić information content (AvgIpc) is 2.72. The van der Waals surface area contributed by atoms with Gasteiger partial charge in [0.2, 0.25) is 5.13 Å². The molecule has 0 saturated heterocycles. The Hall–Kier alpha value is -1.21. The van der Waals surface area contributed by atoms with E-state index < -0.39 is 12.0 Å². The molecule has 0 bridgehead atoms. The smallest absolute Gasteiger partial charge is 0.326 e. The number of aryl methyl sites for hydroxylation is 1. The van der Waals surface area contributed by atoms with Crippen molar-refractivity contribution >= 4 is 22.6 Å². The number of rotatable bonds is 8. The van der Waals surface area contributed by atoms with Crippen molar-refractivity contribution in [1.82, 2.24) is 9.36 Å². The molecule has 7 heteroatoms. The van der Waals surface area contributed by atoms with Crippen LogP contribution >= 0.6 is 11.5 Å². The summed E-state index contributed by atoms with van der Waals surface area (Å²) in [5, 5.41) is 12.4. The number of methoxy groups -OCH3 is 1. The van der Waals surface area contributed by atoms with Crippen molar-refractivity contribution < 1.29 is 14.6 Å². The first-order valence-corrected chi connectivity index (χ1v) is 6.25. The number of hydrogen-bond acceptors (Lipinski definition) is 6. The highest BCUT2D eigenvalue weighted by Crippen LogP contribution is 2.14. The van der Waals surface area contributed by atoms with Crippen molar-refractivity contribution in [3.63, 3.8) is 0 Å². The van der Waals surface area contributed by atoms with Gasteiger partial charge in [0.15, 0.2) is 0 Å². The van der Waals surface area contributed by atoms with E-state index in [0.29, 0.717) is 18.2 Å². The summed E-state index contributed by atoms with van der Waals surface area (Å²) >= 11 is 1.19. The molecule has 0 aromatic carbocycles. The largest absolute Gasteiger partial charge is 0.480 e. The zero-order valence-electron chi connectivity index (χ0n) is 9.97. The van der Waals surface area contributed by atoms with Crippen LogP contribution in [0.1, 0.15) is 25.6 Å². The van der Waals surface area contributed by atoms with Gasteiger partial charge in [-0.1, -0.05) is 6.92 Å². The Morgan fingerprint density at radius 3 is 3.00 bits per heavy atom. The molecule has 6 nitrogen and oxygen atoms in total. The van der Waals surface area contributed by atoms with Gasteiger partial charge < -0.3 is 15.2 Å². The molecule has 0 aliphatic heterocycles. The molecule has 1 aromatic heterocycles. The Bertz CT molecular complexity index is 356. The third kappa shape index (κ3) is 4.66. The predicted molar refractivity (Wildman–Crippen MR) is 65.4 cm³/mol. The normalized spacial score (nSPS) is 12.4. The van der Waals surface area contributed by atoms with Gasteiger partial charge in [0, 0.05) is 38.1 Å². The maximum atomic E-state index is 11.0. The molecule has 1 aromatic rings. The van der Waals surface area contributed by atoms with E-state index in [9.17, 15) is 4.79 Å². The summed E-state index contributed by atoms with van der Waals surface area (Å²) < 4.78 is 9.01. The van der Waals surface area contributed by atoms with Crippen molar-refractivity contribution in [2.45, 2.75) is 32.2 Å². The number of nitrogens with zero attached hydrogens (tertiary/aromatic N) is 2. The summed E-state index contributed by atoms with van der Waals surface area (Å²) in [6.45, 7) is 2.44. The number of carbonyl (C=O) groups is 1. The summed E-state index contributed by atoms with van der Waals surface area (Å²) in [5.41, 5.74) is 0. The van der Waals surface area contributed by atoms with Crippen molar-refractivity contribution in [3.05, 3.63) is 5.82 Å². The van der Waals surface area contributed by atoms with E-state index in [1.165, 1.54) is 11.5 Å². The second-order valence-corrected chi connectivity index (χ2v) is 4.33. The van der Waals surface area contributed by atoms with Crippen LogP contribution in [-0.4, -0.2) is 40.2 Å². The minimum absolute atomic E-state index is 0.393. The molecule has 0 fully saturated rings. The zero-order valence-corrected chi connectivity index (χ0v) is 10.8. The molecule has 1 unspecified atom stereocenters. The van der Waals surface area contributed by atoms with Gasteiger partial charge in [-0.2, -0.15) is 4.37 Å². The van der Waals surface area contributed by atoms with Crippen molar-refractivity contribution in [2.75, 3.05) is 19.0 Å². The lowest BCUT2D eigenvalue weighted by Gasteiger charge is -2.12. The summed E-state index contributed by atoms with van der Waals surface area (Å²) in [7, 11) is 1.54. The third-order valence-corrected chi connectivity index (χ3v) is 2.83. The maximum Gasteiger partial charge on any atom is 0.326 e. The first kappa shape index (κ1) is 13.9. The summed E-state index contributed by atoms with van der Waals surface area (Å²) in [6, 6.07) is -0.683. The van der Waals surface area contributed by atoms with E-state index >= 15 is 0 Å². The van der Waals surface area contributed by atoms with Crippen LogP contribution < -0.4 is 5.32 Å². The van der Waals surface area contributed by atoms with Crippen molar-refractivity contribution in [1.29, 1.82) is 0 Å².